The van der Waals surface area contributed by atoms with Gasteiger partial charge in [0.25, 0.3) is 0 Å². The number of hydrogen-bond acceptors (Lipinski definition) is 4. The second-order valence-electron chi connectivity index (χ2n) is 5.40. The van der Waals surface area contributed by atoms with Gasteiger partial charge in [-0.2, -0.15) is 0 Å². The van der Waals surface area contributed by atoms with Crippen LogP contribution in [0.5, 0.6) is 0 Å². The highest BCUT2D eigenvalue weighted by molar-refractivity contribution is 5.66. The summed E-state index contributed by atoms with van der Waals surface area (Å²) in [4.78, 5) is 10.6. The fraction of sp³-hybridized carbons (Fsp3) is 0.400. The molecule has 2 unspecified atom stereocenters. The molecule has 5 nitrogen and oxygen atoms in total. The van der Waals surface area contributed by atoms with Gasteiger partial charge in [-0.25, -0.2) is 0 Å². The fourth-order valence-corrected chi connectivity index (χ4v) is 2.64. The maximum Gasteiger partial charge on any atom is 0.303 e. The summed E-state index contributed by atoms with van der Waals surface area (Å²) in [5.74, 6) is 0.557. The van der Waals surface area contributed by atoms with E-state index in [1.807, 2.05) is 19.1 Å². The van der Waals surface area contributed by atoms with Gasteiger partial charge in [0.15, 0.2) is 0 Å². The van der Waals surface area contributed by atoms with Crippen LogP contribution in [-0.2, 0) is 17.6 Å². The third kappa shape index (κ3) is 2.43. The summed E-state index contributed by atoms with van der Waals surface area (Å²) in [5, 5.41) is 16.9. The number of carboxylic acids is 1. The summed E-state index contributed by atoms with van der Waals surface area (Å²) < 4.78 is 5.68. The second-order valence-corrected chi connectivity index (χ2v) is 5.40. The van der Waals surface area contributed by atoms with Crippen molar-refractivity contribution >= 4 is 5.97 Å². The molecule has 0 spiro atoms. The van der Waals surface area contributed by atoms with Gasteiger partial charge in [0, 0.05) is 12.8 Å². The molecule has 104 valence electrons. The minimum absolute atomic E-state index is 0.00511. The molecule has 0 saturated carbocycles. The number of carboxylic acid groups (broad SMARTS) is 1. The smallest absolute Gasteiger partial charge is 0.303 e. The molecule has 20 heavy (non-hydrogen) atoms. The minimum Gasteiger partial charge on any atom is -0.481 e. The lowest BCUT2D eigenvalue weighted by Crippen LogP contribution is -2.18. The van der Waals surface area contributed by atoms with Gasteiger partial charge in [-0.05, 0) is 23.5 Å². The van der Waals surface area contributed by atoms with E-state index in [1.54, 1.807) is 0 Å². The molecular formula is C15H16N2O3. The molecule has 0 amide bonds. The van der Waals surface area contributed by atoms with E-state index in [4.69, 9.17) is 9.52 Å². The lowest BCUT2D eigenvalue weighted by atomic mass is 9.77. The highest BCUT2D eigenvalue weighted by atomic mass is 16.4. The van der Waals surface area contributed by atoms with Crippen molar-refractivity contribution in [2.45, 2.75) is 32.1 Å². The van der Waals surface area contributed by atoms with Gasteiger partial charge < -0.3 is 9.52 Å². The summed E-state index contributed by atoms with van der Waals surface area (Å²) in [6, 6.07) is 8.23. The monoisotopic (exact) mass is 272 g/mol. The first kappa shape index (κ1) is 12.8. The van der Waals surface area contributed by atoms with Crippen LogP contribution < -0.4 is 0 Å². The molecule has 1 aromatic heterocycles. The van der Waals surface area contributed by atoms with Gasteiger partial charge in [-0.1, -0.05) is 31.2 Å². The van der Waals surface area contributed by atoms with Crippen molar-refractivity contribution in [1.29, 1.82) is 0 Å². The number of benzene rings is 1. The molecule has 0 bridgehead atoms. The molecule has 0 saturated heterocycles. The molecule has 0 aliphatic heterocycles. The quantitative estimate of drug-likeness (QED) is 0.904. The van der Waals surface area contributed by atoms with E-state index in [0.29, 0.717) is 18.2 Å². The zero-order chi connectivity index (χ0) is 14.1. The van der Waals surface area contributed by atoms with Gasteiger partial charge in [0.1, 0.15) is 0 Å². The molecule has 1 aliphatic carbocycles. The summed E-state index contributed by atoms with van der Waals surface area (Å²) in [7, 11) is 0. The molecule has 1 aliphatic rings. The Morgan fingerprint density at radius 3 is 3.00 bits per heavy atom. The number of nitrogens with zero attached hydrogens (tertiary/aromatic N) is 2. The van der Waals surface area contributed by atoms with Crippen molar-refractivity contribution in [3.8, 4) is 0 Å². The van der Waals surface area contributed by atoms with Gasteiger partial charge in [0.2, 0.25) is 11.8 Å². The van der Waals surface area contributed by atoms with Crippen LogP contribution >= 0.6 is 0 Å². The topological polar surface area (TPSA) is 76.2 Å². The minimum atomic E-state index is -0.801. The van der Waals surface area contributed by atoms with Crippen LogP contribution in [0.15, 0.2) is 28.7 Å². The third-order valence-corrected chi connectivity index (χ3v) is 3.68. The standard InChI is InChI=1S/C15H16N2O3/c1-9(7-14(18)19)6-13-16-17-15(20-13)12-8-10-4-2-3-5-11(10)12/h2-5,9,12H,6-8H2,1H3,(H,18,19). The van der Waals surface area contributed by atoms with Crippen LogP contribution in [0, 0.1) is 5.92 Å². The van der Waals surface area contributed by atoms with Crippen molar-refractivity contribution in [2.75, 3.05) is 0 Å². The highest BCUT2D eigenvalue weighted by Gasteiger charge is 2.31. The molecule has 1 heterocycles. The maximum atomic E-state index is 10.6. The molecule has 0 fully saturated rings. The Labute approximate surface area is 116 Å². The van der Waals surface area contributed by atoms with Gasteiger partial charge in [-0.3, -0.25) is 4.79 Å². The number of fused-ring (bicyclic) bond motifs is 1. The van der Waals surface area contributed by atoms with Crippen molar-refractivity contribution in [1.82, 2.24) is 10.2 Å². The summed E-state index contributed by atoms with van der Waals surface area (Å²) >= 11 is 0. The first-order valence-corrected chi connectivity index (χ1v) is 6.75. The van der Waals surface area contributed by atoms with Crippen molar-refractivity contribution in [3.05, 3.63) is 47.2 Å². The number of aliphatic carboxylic acids is 1. The Morgan fingerprint density at radius 2 is 2.25 bits per heavy atom. The Kier molecular flexibility index (Phi) is 3.26. The van der Waals surface area contributed by atoms with Crippen LogP contribution in [0.2, 0.25) is 0 Å². The summed E-state index contributed by atoms with van der Waals surface area (Å²) in [6.07, 6.45) is 1.56. The Bertz CT molecular complexity index is 636. The van der Waals surface area contributed by atoms with E-state index < -0.39 is 5.97 Å². The van der Waals surface area contributed by atoms with Crippen molar-refractivity contribution < 1.29 is 14.3 Å². The molecule has 1 N–H and O–H groups in total. The normalized spacial score (nSPS) is 18.1. The summed E-state index contributed by atoms with van der Waals surface area (Å²) in [5.41, 5.74) is 2.58. The lowest BCUT2D eigenvalue weighted by Gasteiger charge is -2.26. The van der Waals surface area contributed by atoms with E-state index in [-0.39, 0.29) is 18.3 Å². The van der Waals surface area contributed by atoms with Crippen molar-refractivity contribution in [3.63, 3.8) is 0 Å². The van der Waals surface area contributed by atoms with Crippen LogP contribution in [0.1, 0.15) is 42.2 Å². The number of rotatable bonds is 5. The van der Waals surface area contributed by atoms with Gasteiger partial charge in [0.05, 0.1) is 5.92 Å². The van der Waals surface area contributed by atoms with Crippen LogP contribution in [0.3, 0.4) is 0 Å². The van der Waals surface area contributed by atoms with E-state index in [9.17, 15) is 4.79 Å². The second kappa shape index (κ2) is 5.07. The van der Waals surface area contributed by atoms with Crippen LogP contribution in [-0.4, -0.2) is 21.3 Å². The van der Waals surface area contributed by atoms with Crippen molar-refractivity contribution in [2.24, 2.45) is 5.92 Å². The number of hydrogen-bond donors (Lipinski definition) is 1. The highest BCUT2D eigenvalue weighted by Crippen LogP contribution is 2.39. The molecular weight excluding hydrogens is 256 g/mol. The maximum absolute atomic E-state index is 10.6. The molecule has 2 atom stereocenters. The lowest BCUT2D eigenvalue weighted by molar-refractivity contribution is -0.137. The van der Waals surface area contributed by atoms with Crippen LogP contribution in [0.4, 0.5) is 0 Å². The van der Waals surface area contributed by atoms with E-state index in [0.717, 1.165) is 6.42 Å². The predicted molar refractivity (Wildman–Crippen MR) is 71.4 cm³/mol. The van der Waals surface area contributed by atoms with E-state index >= 15 is 0 Å². The Balaban J connectivity index is 1.68. The fourth-order valence-electron chi connectivity index (χ4n) is 2.64. The average molecular weight is 272 g/mol. The largest absolute Gasteiger partial charge is 0.481 e. The average Bonchev–Trinajstić information content (AvgIpc) is 2.77. The molecule has 0 radical (unpaired) electrons. The molecule has 5 heteroatoms. The molecule has 1 aromatic carbocycles. The third-order valence-electron chi connectivity index (χ3n) is 3.68. The zero-order valence-electron chi connectivity index (χ0n) is 11.2. The van der Waals surface area contributed by atoms with Gasteiger partial charge in [-0.15, -0.1) is 10.2 Å². The zero-order valence-corrected chi connectivity index (χ0v) is 11.2. The Hall–Kier alpha value is -2.17. The predicted octanol–water partition coefficient (Wildman–Crippen LogP) is 2.41. The SMILES string of the molecule is CC(CC(=O)O)Cc1nnc(C2Cc3ccccc32)o1. The van der Waals surface area contributed by atoms with Gasteiger partial charge >= 0.3 is 5.97 Å². The Morgan fingerprint density at radius 1 is 1.45 bits per heavy atom. The number of carbonyl (C=O) groups is 1. The van der Waals surface area contributed by atoms with E-state index in [2.05, 4.69) is 22.3 Å². The summed E-state index contributed by atoms with van der Waals surface area (Å²) in [6.45, 7) is 1.87. The first-order chi connectivity index (χ1) is 9.63. The molecule has 3 rings (SSSR count). The van der Waals surface area contributed by atoms with Crippen LogP contribution in [0.25, 0.3) is 0 Å². The molecule has 2 aromatic rings. The first-order valence-electron chi connectivity index (χ1n) is 6.75. The number of aromatic nitrogens is 2. The van der Waals surface area contributed by atoms with E-state index in [1.165, 1.54) is 11.1 Å².